The molecule has 26 heavy (non-hydrogen) atoms. The fourth-order valence-electron chi connectivity index (χ4n) is 2.93. The number of pyridine rings is 1. The largest absolute Gasteiger partial charge is 0.469 e. The van der Waals surface area contributed by atoms with E-state index in [0.717, 1.165) is 31.1 Å². The van der Waals surface area contributed by atoms with Crippen LogP contribution in [0.4, 0.5) is 10.2 Å². The molecule has 0 aromatic carbocycles. The number of furan rings is 1. The maximum Gasteiger partial charge on any atom is 0.191 e. The maximum atomic E-state index is 13.9. The van der Waals surface area contributed by atoms with E-state index in [1.807, 2.05) is 17.0 Å². The summed E-state index contributed by atoms with van der Waals surface area (Å²) >= 11 is 0. The van der Waals surface area contributed by atoms with E-state index in [4.69, 9.17) is 4.42 Å². The first-order valence-electron chi connectivity index (χ1n) is 8.80. The fraction of sp³-hybridized carbons (Fsp3) is 0.368. The summed E-state index contributed by atoms with van der Waals surface area (Å²) < 4.78 is 19.2. The van der Waals surface area contributed by atoms with E-state index >= 15 is 0 Å². The quantitative estimate of drug-likeness (QED) is 0.452. The lowest BCUT2D eigenvalue weighted by atomic mass is 10.3. The predicted molar refractivity (Wildman–Crippen MR) is 101 cm³/mol. The molecule has 2 aromatic heterocycles. The van der Waals surface area contributed by atoms with Crippen molar-refractivity contribution in [2.45, 2.75) is 18.9 Å². The van der Waals surface area contributed by atoms with Crippen molar-refractivity contribution < 1.29 is 8.81 Å². The van der Waals surface area contributed by atoms with Gasteiger partial charge in [-0.2, -0.15) is 0 Å². The third kappa shape index (κ3) is 4.84. The van der Waals surface area contributed by atoms with Gasteiger partial charge < -0.3 is 20.0 Å². The lowest BCUT2D eigenvalue weighted by Crippen LogP contribution is -2.45. The van der Waals surface area contributed by atoms with Crippen LogP contribution in [0, 0.1) is 5.82 Å². The second-order valence-electron chi connectivity index (χ2n) is 6.11. The molecule has 0 spiro atoms. The standard InChI is InChI=1S/C19H24FN5O/c1-2-9-22-19(23-11-7-16-5-4-13-26-16)24-15-8-12-25(14-15)18-17(20)6-3-10-21-18/h2-6,10,13,15H,1,7-9,11-12,14H2,(H2,22,23,24). The van der Waals surface area contributed by atoms with Crippen LogP contribution < -0.4 is 15.5 Å². The third-order valence-corrected chi connectivity index (χ3v) is 4.19. The minimum absolute atomic E-state index is 0.177. The molecular weight excluding hydrogens is 333 g/mol. The Kier molecular flexibility index (Phi) is 6.24. The number of aliphatic imine (C=N–C) groups is 1. The molecule has 0 saturated carbocycles. The van der Waals surface area contributed by atoms with Crippen molar-refractivity contribution in [2.24, 2.45) is 4.99 Å². The van der Waals surface area contributed by atoms with Crippen LogP contribution in [0.3, 0.4) is 0 Å². The Bertz CT molecular complexity index is 731. The molecule has 1 saturated heterocycles. The van der Waals surface area contributed by atoms with E-state index in [9.17, 15) is 4.39 Å². The zero-order valence-corrected chi connectivity index (χ0v) is 14.7. The second kappa shape index (κ2) is 9.03. The maximum absolute atomic E-state index is 13.9. The van der Waals surface area contributed by atoms with Crippen LogP contribution in [0.1, 0.15) is 12.2 Å². The van der Waals surface area contributed by atoms with Crippen molar-refractivity contribution in [1.29, 1.82) is 0 Å². The number of rotatable bonds is 7. The molecule has 6 nitrogen and oxygen atoms in total. The Morgan fingerprint density at radius 3 is 3.15 bits per heavy atom. The molecule has 1 unspecified atom stereocenters. The first-order valence-corrected chi connectivity index (χ1v) is 8.80. The Morgan fingerprint density at radius 1 is 1.46 bits per heavy atom. The average Bonchev–Trinajstić information content (AvgIpc) is 3.32. The molecule has 7 heteroatoms. The number of nitrogens with one attached hydrogen (secondary N) is 2. The van der Waals surface area contributed by atoms with Crippen molar-refractivity contribution in [2.75, 3.05) is 31.1 Å². The summed E-state index contributed by atoms with van der Waals surface area (Å²) in [5, 5.41) is 6.64. The third-order valence-electron chi connectivity index (χ3n) is 4.19. The number of hydrogen-bond acceptors (Lipinski definition) is 4. The summed E-state index contributed by atoms with van der Waals surface area (Å²) in [6.07, 6.45) is 6.70. The van der Waals surface area contributed by atoms with Gasteiger partial charge in [-0.3, -0.25) is 4.99 Å². The van der Waals surface area contributed by atoms with Gasteiger partial charge in [0.15, 0.2) is 17.6 Å². The topological polar surface area (TPSA) is 65.7 Å². The molecule has 0 bridgehead atoms. The number of aromatic nitrogens is 1. The molecule has 2 N–H and O–H groups in total. The minimum Gasteiger partial charge on any atom is -0.469 e. The van der Waals surface area contributed by atoms with Crippen LogP contribution in [0.5, 0.6) is 0 Å². The van der Waals surface area contributed by atoms with E-state index in [-0.39, 0.29) is 11.9 Å². The van der Waals surface area contributed by atoms with Crippen LogP contribution in [0.2, 0.25) is 0 Å². The highest BCUT2D eigenvalue weighted by molar-refractivity contribution is 5.80. The van der Waals surface area contributed by atoms with E-state index in [0.29, 0.717) is 25.5 Å². The number of hydrogen-bond donors (Lipinski definition) is 2. The lowest BCUT2D eigenvalue weighted by Gasteiger charge is -2.20. The molecule has 1 aliphatic rings. The van der Waals surface area contributed by atoms with Gasteiger partial charge in [0.05, 0.1) is 6.26 Å². The molecule has 3 rings (SSSR count). The van der Waals surface area contributed by atoms with E-state index < -0.39 is 0 Å². The van der Waals surface area contributed by atoms with Gasteiger partial charge in [-0.1, -0.05) is 6.08 Å². The smallest absolute Gasteiger partial charge is 0.191 e. The van der Waals surface area contributed by atoms with Gasteiger partial charge in [0.1, 0.15) is 5.76 Å². The van der Waals surface area contributed by atoms with Crippen molar-refractivity contribution in [3.05, 3.63) is 61.0 Å². The second-order valence-corrected chi connectivity index (χ2v) is 6.11. The highest BCUT2D eigenvalue weighted by atomic mass is 19.1. The Balaban J connectivity index is 1.56. The first kappa shape index (κ1) is 18.0. The molecule has 1 fully saturated rings. The van der Waals surface area contributed by atoms with Crippen molar-refractivity contribution in [1.82, 2.24) is 15.6 Å². The Morgan fingerprint density at radius 2 is 2.38 bits per heavy atom. The van der Waals surface area contributed by atoms with Gasteiger partial charge in [0.2, 0.25) is 0 Å². The van der Waals surface area contributed by atoms with Crippen molar-refractivity contribution in [3.63, 3.8) is 0 Å². The van der Waals surface area contributed by atoms with Crippen molar-refractivity contribution in [3.8, 4) is 0 Å². The lowest BCUT2D eigenvalue weighted by molar-refractivity contribution is 0.510. The monoisotopic (exact) mass is 357 g/mol. The van der Waals surface area contributed by atoms with Crippen LogP contribution >= 0.6 is 0 Å². The summed E-state index contributed by atoms with van der Waals surface area (Å²) in [6, 6.07) is 7.04. The highest BCUT2D eigenvalue weighted by Gasteiger charge is 2.25. The Hall–Kier alpha value is -2.83. The van der Waals surface area contributed by atoms with Crippen LogP contribution in [0.15, 0.2) is 58.8 Å². The average molecular weight is 357 g/mol. The van der Waals surface area contributed by atoms with Gasteiger partial charge in [-0.25, -0.2) is 9.37 Å². The summed E-state index contributed by atoms with van der Waals surface area (Å²) in [7, 11) is 0. The molecule has 0 aliphatic carbocycles. The number of guanidine groups is 1. The fourth-order valence-corrected chi connectivity index (χ4v) is 2.93. The highest BCUT2D eigenvalue weighted by Crippen LogP contribution is 2.20. The molecule has 2 aromatic rings. The van der Waals surface area contributed by atoms with Gasteiger partial charge >= 0.3 is 0 Å². The number of halogens is 1. The van der Waals surface area contributed by atoms with Gasteiger partial charge in [-0.05, 0) is 30.7 Å². The summed E-state index contributed by atoms with van der Waals surface area (Å²) in [5.74, 6) is 1.76. The normalized spacial score (nSPS) is 17.3. The number of nitrogens with zero attached hydrogens (tertiary/aromatic N) is 3. The SMILES string of the molecule is C=CCNC(=NCCc1ccco1)NC1CCN(c2ncccc2F)C1. The van der Waals surface area contributed by atoms with Gasteiger partial charge in [0, 0.05) is 44.8 Å². The molecule has 1 atom stereocenters. The zero-order valence-electron chi connectivity index (χ0n) is 14.7. The first-order chi connectivity index (χ1) is 12.8. The van der Waals surface area contributed by atoms with Crippen LogP contribution in [-0.4, -0.2) is 43.2 Å². The molecular formula is C19H24FN5O. The summed E-state index contributed by atoms with van der Waals surface area (Å²) in [6.45, 7) is 6.41. The molecule has 138 valence electrons. The summed E-state index contributed by atoms with van der Waals surface area (Å²) in [4.78, 5) is 10.7. The molecule has 0 radical (unpaired) electrons. The van der Waals surface area contributed by atoms with E-state index in [1.165, 1.54) is 6.07 Å². The van der Waals surface area contributed by atoms with Crippen molar-refractivity contribution >= 4 is 11.8 Å². The minimum atomic E-state index is -0.287. The molecule has 3 heterocycles. The van der Waals surface area contributed by atoms with Crippen LogP contribution in [0.25, 0.3) is 0 Å². The predicted octanol–water partition coefficient (Wildman–Crippen LogP) is 2.36. The number of anilines is 1. The van der Waals surface area contributed by atoms with Gasteiger partial charge in [0.25, 0.3) is 0 Å². The molecule has 0 amide bonds. The van der Waals surface area contributed by atoms with Gasteiger partial charge in [-0.15, -0.1) is 6.58 Å². The van der Waals surface area contributed by atoms with E-state index in [1.54, 1.807) is 24.6 Å². The Labute approximate surface area is 152 Å². The van der Waals surface area contributed by atoms with E-state index in [2.05, 4.69) is 27.2 Å². The summed E-state index contributed by atoms with van der Waals surface area (Å²) in [5.41, 5.74) is 0. The zero-order chi connectivity index (χ0) is 18.2. The molecule has 1 aliphatic heterocycles. The van der Waals surface area contributed by atoms with Crippen LogP contribution in [-0.2, 0) is 6.42 Å².